The number of aryl methyl sites for hydroxylation is 2. The fraction of sp³-hybridized carbons (Fsp3) is 0.636. The lowest BCUT2D eigenvalue weighted by Gasteiger charge is -2.06. The molecule has 0 radical (unpaired) electrons. The van der Waals surface area contributed by atoms with Crippen molar-refractivity contribution in [2.45, 2.75) is 39.5 Å². The number of thiazole rings is 1. The van der Waals surface area contributed by atoms with Crippen molar-refractivity contribution in [3.8, 4) is 0 Å². The van der Waals surface area contributed by atoms with Gasteiger partial charge in [-0.2, -0.15) is 0 Å². The van der Waals surface area contributed by atoms with E-state index in [9.17, 15) is 4.79 Å². The second kappa shape index (κ2) is 4.31. The third-order valence-corrected chi connectivity index (χ3v) is 3.96. The molecular formula is C11H16N2OS. The summed E-state index contributed by atoms with van der Waals surface area (Å²) in [6, 6.07) is 0. The highest BCUT2D eigenvalue weighted by molar-refractivity contribution is 7.15. The zero-order valence-corrected chi connectivity index (χ0v) is 9.99. The van der Waals surface area contributed by atoms with Crippen LogP contribution in [-0.4, -0.2) is 10.9 Å². The predicted octanol–water partition coefficient (Wildman–Crippen LogP) is 2.62. The summed E-state index contributed by atoms with van der Waals surface area (Å²) in [5, 5.41) is 3.67. The van der Waals surface area contributed by atoms with Crippen molar-refractivity contribution in [3.63, 3.8) is 0 Å². The van der Waals surface area contributed by atoms with Crippen LogP contribution >= 0.6 is 11.3 Å². The molecule has 0 saturated heterocycles. The molecule has 0 unspecified atom stereocenters. The Kier molecular flexibility index (Phi) is 3.05. The molecule has 3 nitrogen and oxygen atoms in total. The van der Waals surface area contributed by atoms with Crippen molar-refractivity contribution < 1.29 is 4.79 Å². The van der Waals surface area contributed by atoms with E-state index in [1.54, 1.807) is 11.3 Å². The highest BCUT2D eigenvalue weighted by Gasteiger charge is 2.18. The van der Waals surface area contributed by atoms with Crippen molar-refractivity contribution in [1.82, 2.24) is 4.98 Å². The van der Waals surface area contributed by atoms with E-state index in [1.807, 2.05) is 13.8 Å². The van der Waals surface area contributed by atoms with Crippen LogP contribution in [0.15, 0.2) is 0 Å². The van der Waals surface area contributed by atoms with Gasteiger partial charge < -0.3 is 5.32 Å². The smallest absolute Gasteiger partial charge is 0.228 e. The molecule has 0 spiro atoms. The molecule has 0 saturated carbocycles. The van der Waals surface area contributed by atoms with Gasteiger partial charge in [0.2, 0.25) is 5.91 Å². The number of hydrogen-bond donors (Lipinski definition) is 1. The van der Waals surface area contributed by atoms with Crippen LogP contribution in [0, 0.1) is 5.92 Å². The Balaban J connectivity index is 2.02. The Labute approximate surface area is 93.9 Å². The second-order valence-corrected chi connectivity index (χ2v) is 5.12. The maximum atomic E-state index is 11.6. The lowest BCUT2D eigenvalue weighted by molar-refractivity contribution is -0.119. The Morgan fingerprint density at radius 2 is 2.40 bits per heavy atom. The first-order valence-corrected chi connectivity index (χ1v) is 6.31. The summed E-state index contributed by atoms with van der Waals surface area (Å²) in [4.78, 5) is 17.4. The molecule has 0 aromatic carbocycles. The number of nitrogens with one attached hydrogen (secondary N) is 1. The minimum atomic E-state index is 0.0729. The molecule has 4 heteroatoms. The first-order valence-electron chi connectivity index (χ1n) is 5.50. The quantitative estimate of drug-likeness (QED) is 0.857. The van der Waals surface area contributed by atoms with Crippen LogP contribution in [0.1, 0.15) is 37.3 Å². The number of rotatable bonds is 3. The maximum absolute atomic E-state index is 11.6. The number of carbonyl (C=O) groups excluding carboxylic acids is 1. The molecule has 82 valence electrons. The monoisotopic (exact) mass is 224 g/mol. The van der Waals surface area contributed by atoms with Crippen LogP contribution in [0.5, 0.6) is 0 Å². The van der Waals surface area contributed by atoms with Gasteiger partial charge in [-0.1, -0.05) is 13.8 Å². The van der Waals surface area contributed by atoms with Crippen molar-refractivity contribution in [3.05, 3.63) is 10.6 Å². The highest BCUT2D eigenvalue weighted by Crippen LogP contribution is 2.30. The standard InChI is InChI=1S/C11H16N2OS/c1-3-7(2)10(14)13-11-12-8-5-4-6-9(8)15-11/h7H,3-6H2,1-2H3,(H,12,13,14)/t7-/m0/s1. The van der Waals surface area contributed by atoms with Crippen LogP contribution in [0.4, 0.5) is 5.13 Å². The van der Waals surface area contributed by atoms with Gasteiger partial charge in [-0.25, -0.2) is 4.98 Å². The lowest BCUT2D eigenvalue weighted by atomic mass is 10.1. The van der Waals surface area contributed by atoms with E-state index in [0.717, 1.165) is 24.4 Å². The van der Waals surface area contributed by atoms with Crippen molar-refractivity contribution in [1.29, 1.82) is 0 Å². The molecule has 1 amide bonds. The van der Waals surface area contributed by atoms with Crippen LogP contribution in [0.25, 0.3) is 0 Å². The topological polar surface area (TPSA) is 42.0 Å². The molecule has 1 atom stereocenters. The molecule has 1 N–H and O–H groups in total. The van der Waals surface area contributed by atoms with E-state index in [-0.39, 0.29) is 11.8 Å². The van der Waals surface area contributed by atoms with E-state index in [1.165, 1.54) is 17.0 Å². The van der Waals surface area contributed by atoms with Crippen molar-refractivity contribution in [2.24, 2.45) is 5.92 Å². The number of aromatic nitrogens is 1. The molecule has 15 heavy (non-hydrogen) atoms. The van der Waals surface area contributed by atoms with Gasteiger partial charge in [-0.15, -0.1) is 11.3 Å². The molecule has 1 heterocycles. The van der Waals surface area contributed by atoms with Gasteiger partial charge in [-0.05, 0) is 25.7 Å². The zero-order chi connectivity index (χ0) is 10.8. The normalized spacial score (nSPS) is 16.1. The van der Waals surface area contributed by atoms with Gasteiger partial charge >= 0.3 is 0 Å². The zero-order valence-electron chi connectivity index (χ0n) is 9.17. The van der Waals surface area contributed by atoms with Crippen LogP contribution in [0.2, 0.25) is 0 Å². The third kappa shape index (κ3) is 2.20. The molecule has 1 aliphatic rings. The molecule has 1 aromatic rings. The number of nitrogens with zero attached hydrogens (tertiary/aromatic N) is 1. The van der Waals surface area contributed by atoms with Crippen molar-refractivity contribution in [2.75, 3.05) is 5.32 Å². The SMILES string of the molecule is CC[C@H](C)C(=O)Nc1nc2c(s1)CCC2. The molecule has 1 aliphatic carbocycles. The van der Waals surface area contributed by atoms with Gasteiger partial charge in [-0.3, -0.25) is 4.79 Å². The Morgan fingerprint density at radius 3 is 3.07 bits per heavy atom. The second-order valence-electron chi connectivity index (χ2n) is 4.04. The molecule has 0 fully saturated rings. The fourth-order valence-corrected chi connectivity index (χ4v) is 2.71. The maximum Gasteiger partial charge on any atom is 0.228 e. The Morgan fingerprint density at radius 1 is 1.60 bits per heavy atom. The van der Waals surface area contributed by atoms with E-state index in [2.05, 4.69) is 10.3 Å². The van der Waals surface area contributed by atoms with Crippen LogP contribution in [-0.2, 0) is 17.6 Å². The van der Waals surface area contributed by atoms with Gasteiger partial charge in [0.15, 0.2) is 5.13 Å². The molecule has 1 aromatic heterocycles. The van der Waals surface area contributed by atoms with Gasteiger partial charge in [0.1, 0.15) is 0 Å². The predicted molar refractivity (Wildman–Crippen MR) is 62.2 cm³/mol. The molecule has 2 rings (SSSR count). The first kappa shape index (κ1) is 10.6. The average molecular weight is 224 g/mol. The van der Waals surface area contributed by atoms with E-state index in [4.69, 9.17) is 0 Å². The number of anilines is 1. The lowest BCUT2D eigenvalue weighted by Crippen LogP contribution is -2.19. The summed E-state index contributed by atoms with van der Waals surface area (Å²) in [6.45, 7) is 3.96. The fourth-order valence-electron chi connectivity index (χ4n) is 1.66. The summed E-state index contributed by atoms with van der Waals surface area (Å²) < 4.78 is 0. The number of carbonyl (C=O) groups is 1. The van der Waals surface area contributed by atoms with Crippen LogP contribution in [0.3, 0.4) is 0 Å². The minimum Gasteiger partial charge on any atom is -0.302 e. The average Bonchev–Trinajstić information content (AvgIpc) is 2.76. The van der Waals surface area contributed by atoms with Gasteiger partial charge in [0.05, 0.1) is 5.69 Å². The summed E-state index contributed by atoms with van der Waals surface area (Å²) >= 11 is 1.64. The summed E-state index contributed by atoms with van der Waals surface area (Å²) in [5.41, 5.74) is 1.19. The van der Waals surface area contributed by atoms with Crippen molar-refractivity contribution >= 4 is 22.4 Å². The highest BCUT2D eigenvalue weighted by atomic mass is 32.1. The summed E-state index contributed by atoms with van der Waals surface area (Å²) in [5.74, 6) is 0.161. The van der Waals surface area contributed by atoms with E-state index < -0.39 is 0 Å². The summed E-state index contributed by atoms with van der Waals surface area (Å²) in [6.07, 6.45) is 4.29. The van der Waals surface area contributed by atoms with Gasteiger partial charge in [0.25, 0.3) is 0 Å². The molecule has 0 aliphatic heterocycles. The summed E-state index contributed by atoms with van der Waals surface area (Å²) in [7, 11) is 0. The van der Waals surface area contributed by atoms with E-state index in [0.29, 0.717) is 0 Å². The number of fused-ring (bicyclic) bond motifs is 1. The van der Waals surface area contributed by atoms with Crippen LogP contribution < -0.4 is 5.32 Å². The number of amides is 1. The Bertz CT molecular complexity index is 351. The number of hydrogen-bond acceptors (Lipinski definition) is 3. The van der Waals surface area contributed by atoms with Gasteiger partial charge in [0, 0.05) is 10.8 Å². The first-order chi connectivity index (χ1) is 7.20. The Hall–Kier alpha value is -0.900. The largest absolute Gasteiger partial charge is 0.302 e. The minimum absolute atomic E-state index is 0.0729. The molecular weight excluding hydrogens is 208 g/mol. The van der Waals surface area contributed by atoms with E-state index >= 15 is 0 Å². The third-order valence-electron chi connectivity index (χ3n) is 2.89. The molecule has 0 bridgehead atoms.